The molecule has 28 heavy (non-hydrogen) atoms. The zero-order valence-corrected chi connectivity index (χ0v) is 16.0. The van der Waals surface area contributed by atoms with Gasteiger partial charge >= 0.3 is 0 Å². The van der Waals surface area contributed by atoms with E-state index in [-0.39, 0.29) is 16.2 Å². The van der Waals surface area contributed by atoms with E-state index in [1.54, 1.807) is 0 Å². The van der Waals surface area contributed by atoms with E-state index in [4.69, 9.17) is 10.5 Å². The average Bonchev–Trinajstić information content (AvgIpc) is 2.72. The second-order valence-corrected chi connectivity index (χ2v) is 7.82. The maximum absolute atomic E-state index is 13.1. The summed E-state index contributed by atoms with van der Waals surface area (Å²) in [5, 5.41) is 0. The molecule has 7 heteroatoms. The number of hydrogen-bond acceptors (Lipinski definition) is 4. The number of carbonyl (C=O) groups is 1. The van der Waals surface area contributed by atoms with Gasteiger partial charge in [-0.2, -0.15) is 4.72 Å². The Morgan fingerprint density at radius 3 is 1.93 bits per heavy atom. The van der Waals surface area contributed by atoms with Crippen molar-refractivity contribution < 1.29 is 17.9 Å². The van der Waals surface area contributed by atoms with Gasteiger partial charge < -0.3 is 10.5 Å². The number of ether oxygens (including phenoxy) is 1. The Hall–Kier alpha value is -3.16. The topological polar surface area (TPSA) is 98.5 Å². The van der Waals surface area contributed by atoms with Crippen molar-refractivity contribution in [1.82, 2.24) is 4.72 Å². The van der Waals surface area contributed by atoms with Gasteiger partial charge in [-0.25, -0.2) is 8.42 Å². The molecule has 0 saturated carbocycles. The van der Waals surface area contributed by atoms with Crippen molar-refractivity contribution in [1.29, 1.82) is 0 Å². The first-order chi connectivity index (χ1) is 13.4. The lowest BCUT2D eigenvalue weighted by Crippen LogP contribution is -2.29. The van der Waals surface area contributed by atoms with Crippen molar-refractivity contribution in [2.45, 2.75) is 10.9 Å². The molecule has 3 rings (SSSR count). The monoisotopic (exact) mass is 396 g/mol. The summed E-state index contributed by atoms with van der Waals surface area (Å²) in [6.07, 6.45) is 0. The van der Waals surface area contributed by atoms with Crippen molar-refractivity contribution in [3.05, 3.63) is 95.6 Å². The number of sulfonamides is 1. The minimum Gasteiger partial charge on any atom is -0.496 e. The standard InChI is InChI=1S/C21H20N2O4S/c1-27-19-14-17(12-13-18(19)21(22)24)28(25,26)23-20(15-8-4-2-5-9-15)16-10-6-3-7-11-16/h2-14,20,23H,1H3,(H2,22,24). The highest BCUT2D eigenvalue weighted by Gasteiger charge is 2.24. The van der Waals surface area contributed by atoms with Crippen molar-refractivity contribution in [3.63, 3.8) is 0 Å². The van der Waals surface area contributed by atoms with Gasteiger partial charge in [-0.1, -0.05) is 60.7 Å². The van der Waals surface area contributed by atoms with Gasteiger partial charge in [0.2, 0.25) is 10.0 Å². The van der Waals surface area contributed by atoms with Crippen molar-refractivity contribution in [2.75, 3.05) is 7.11 Å². The molecule has 0 unspecified atom stereocenters. The molecule has 0 spiro atoms. The molecule has 144 valence electrons. The Balaban J connectivity index is 2.02. The molecule has 0 saturated heterocycles. The fraction of sp³-hybridized carbons (Fsp3) is 0.0952. The van der Waals surface area contributed by atoms with Crippen LogP contribution in [0, 0.1) is 0 Å². The number of nitrogens with one attached hydrogen (secondary N) is 1. The highest BCUT2D eigenvalue weighted by atomic mass is 32.2. The van der Waals surface area contributed by atoms with E-state index in [2.05, 4.69) is 4.72 Å². The summed E-state index contributed by atoms with van der Waals surface area (Å²) in [5.41, 5.74) is 7.02. The number of amides is 1. The van der Waals surface area contributed by atoms with Gasteiger partial charge in [0.25, 0.3) is 5.91 Å². The molecular weight excluding hydrogens is 376 g/mol. The van der Waals surface area contributed by atoms with Crippen LogP contribution in [-0.4, -0.2) is 21.4 Å². The molecule has 6 nitrogen and oxygen atoms in total. The first-order valence-electron chi connectivity index (χ1n) is 8.52. The Bertz CT molecular complexity index is 1030. The van der Waals surface area contributed by atoms with E-state index < -0.39 is 22.0 Å². The Kier molecular flexibility index (Phi) is 5.77. The second kappa shape index (κ2) is 8.24. The number of primary amides is 1. The lowest BCUT2D eigenvalue weighted by molar-refractivity contribution is 0.0997. The molecule has 0 heterocycles. The second-order valence-electron chi connectivity index (χ2n) is 6.10. The summed E-state index contributed by atoms with van der Waals surface area (Å²) < 4.78 is 34.0. The van der Waals surface area contributed by atoms with Crippen LogP contribution in [0.3, 0.4) is 0 Å². The zero-order chi connectivity index (χ0) is 20.1. The highest BCUT2D eigenvalue weighted by Crippen LogP contribution is 2.27. The maximum atomic E-state index is 13.1. The van der Waals surface area contributed by atoms with E-state index in [1.165, 1.54) is 25.3 Å². The molecule has 0 radical (unpaired) electrons. The van der Waals surface area contributed by atoms with Crippen LogP contribution in [0.5, 0.6) is 5.75 Å². The summed E-state index contributed by atoms with van der Waals surface area (Å²) >= 11 is 0. The number of nitrogens with two attached hydrogens (primary N) is 1. The summed E-state index contributed by atoms with van der Waals surface area (Å²) in [6.45, 7) is 0. The van der Waals surface area contributed by atoms with E-state index in [1.807, 2.05) is 60.7 Å². The van der Waals surface area contributed by atoms with Crippen LogP contribution in [0.1, 0.15) is 27.5 Å². The molecule has 0 aliphatic rings. The predicted molar refractivity (Wildman–Crippen MR) is 107 cm³/mol. The summed E-state index contributed by atoms with van der Waals surface area (Å²) in [6, 6.07) is 22.0. The molecule has 0 aliphatic carbocycles. The number of benzene rings is 3. The normalized spacial score (nSPS) is 11.4. The van der Waals surface area contributed by atoms with Crippen LogP contribution in [0.2, 0.25) is 0 Å². The van der Waals surface area contributed by atoms with Gasteiger partial charge in [0.1, 0.15) is 5.75 Å². The van der Waals surface area contributed by atoms with Gasteiger partial charge in [-0.15, -0.1) is 0 Å². The Morgan fingerprint density at radius 2 is 1.46 bits per heavy atom. The van der Waals surface area contributed by atoms with Gasteiger partial charge in [-0.05, 0) is 23.3 Å². The molecule has 1 amide bonds. The summed E-state index contributed by atoms with van der Waals surface area (Å²) in [7, 11) is -2.56. The van der Waals surface area contributed by atoms with E-state index in [9.17, 15) is 13.2 Å². The fourth-order valence-electron chi connectivity index (χ4n) is 2.88. The zero-order valence-electron chi connectivity index (χ0n) is 15.2. The number of carbonyl (C=O) groups excluding carboxylic acids is 1. The Labute approximate surface area is 164 Å². The van der Waals surface area contributed by atoms with Crippen LogP contribution in [0.4, 0.5) is 0 Å². The molecule has 0 bridgehead atoms. The lowest BCUT2D eigenvalue weighted by atomic mass is 10.00. The van der Waals surface area contributed by atoms with Crippen LogP contribution >= 0.6 is 0 Å². The molecule has 0 fully saturated rings. The first-order valence-corrected chi connectivity index (χ1v) is 10.0. The van der Waals surface area contributed by atoms with Gasteiger partial charge in [0.15, 0.2) is 0 Å². The molecule has 0 aromatic heterocycles. The van der Waals surface area contributed by atoms with Gasteiger partial charge in [0, 0.05) is 6.07 Å². The molecule has 3 aromatic rings. The number of hydrogen-bond donors (Lipinski definition) is 2. The molecule has 3 N–H and O–H groups in total. The molecule has 0 atom stereocenters. The third kappa shape index (κ3) is 4.21. The Morgan fingerprint density at radius 1 is 0.929 bits per heavy atom. The van der Waals surface area contributed by atoms with Gasteiger partial charge in [0.05, 0.1) is 23.6 Å². The highest BCUT2D eigenvalue weighted by molar-refractivity contribution is 7.89. The predicted octanol–water partition coefficient (Wildman–Crippen LogP) is 2.86. The third-order valence-electron chi connectivity index (χ3n) is 4.29. The van der Waals surface area contributed by atoms with E-state index >= 15 is 0 Å². The van der Waals surface area contributed by atoms with E-state index in [0.717, 1.165) is 11.1 Å². The largest absolute Gasteiger partial charge is 0.496 e. The minimum absolute atomic E-state index is 0.0220. The van der Waals surface area contributed by atoms with Crippen LogP contribution in [-0.2, 0) is 10.0 Å². The minimum atomic E-state index is -3.91. The van der Waals surface area contributed by atoms with Crippen molar-refractivity contribution >= 4 is 15.9 Å². The van der Waals surface area contributed by atoms with Crippen molar-refractivity contribution in [2.24, 2.45) is 5.73 Å². The molecular formula is C21H20N2O4S. The fourth-order valence-corrected chi connectivity index (χ4v) is 4.11. The summed E-state index contributed by atoms with van der Waals surface area (Å²) in [4.78, 5) is 11.4. The molecule has 0 aliphatic heterocycles. The van der Waals surface area contributed by atoms with Crippen LogP contribution in [0.15, 0.2) is 83.8 Å². The summed E-state index contributed by atoms with van der Waals surface area (Å²) in [5.74, 6) is -0.591. The van der Waals surface area contributed by atoms with E-state index in [0.29, 0.717) is 0 Å². The smallest absolute Gasteiger partial charge is 0.252 e. The number of methoxy groups -OCH3 is 1. The molecule has 3 aromatic carbocycles. The quantitative estimate of drug-likeness (QED) is 0.641. The third-order valence-corrected chi connectivity index (χ3v) is 5.71. The van der Waals surface area contributed by atoms with Crippen LogP contribution in [0.25, 0.3) is 0 Å². The maximum Gasteiger partial charge on any atom is 0.252 e. The number of rotatable bonds is 7. The van der Waals surface area contributed by atoms with Crippen molar-refractivity contribution in [3.8, 4) is 5.75 Å². The van der Waals surface area contributed by atoms with Gasteiger partial charge in [-0.3, -0.25) is 4.79 Å². The SMILES string of the molecule is COc1cc(S(=O)(=O)NC(c2ccccc2)c2ccccc2)ccc1C(N)=O. The average molecular weight is 396 g/mol. The van der Waals surface area contributed by atoms with Crippen LogP contribution < -0.4 is 15.2 Å². The lowest BCUT2D eigenvalue weighted by Gasteiger charge is -2.20. The first kappa shape index (κ1) is 19.6.